The molecule has 3 N–H and O–H groups in total. The Morgan fingerprint density at radius 3 is 2.88 bits per heavy atom. The average Bonchev–Trinajstić information content (AvgIpc) is 3.35. The maximum atomic E-state index is 10.4. The average molecular weight is 442 g/mol. The van der Waals surface area contributed by atoms with Gasteiger partial charge in [0.2, 0.25) is 0 Å². The first-order valence-electron chi connectivity index (χ1n) is 11.0. The van der Waals surface area contributed by atoms with Crippen molar-refractivity contribution in [1.82, 2.24) is 40.1 Å². The number of piperidine rings is 1. The van der Waals surface area contributed by atoms with Crippen molar-refractivity contribution in [3.05, 3.63) is 42.5 Å². The lowest BCUT2D eigenvalue weighted by atomic mass is 10.0. The number of nitriles is 1. The van der Waals surface area contributed by atoms with Crippen molar-refractivity contribution in [2.45, 2.75) is 37.5 Å². The largest absolute Gasteiger partial charge is 0.391 e. The van der Waals surface area contributed by atoms with E-state index in [1.165, 1.54) is 6.20 Å². The molecule has 5 heterocycles. The summed E-state index contributed by atoms with van der Waals surface area (Å²) in [5, 5.41) is 40.2. The Morgan fingerprint density at radius 2 is 2.06 bits per heavy atom. The van der Waals surface area contributed by atoms with Crippen LogP contribution in [0, 0.1) is 11.3 Å². The monoisotopic (exact) mass is 442 g/mol. The fourth-order valence-electron chi connectivity index (χ4n) is 4.14. The first kappa shape index (κ1) is 19.8. The summed E-state index contributed by atoms with van der Waals surface area (Å²) in [6, 6.07) is 6.07. The van der Waals surface area contributed by atoms with Gasteiger partial charge in [-0.3, -0.25) is 0 Å². The number of rotatable bonds is 5. The number of nitrogens with one attached hydrogen (secondary N) is 2. The number of fused-ring (bicyclic) bond motifs is 1. The van der Waals surface area contributed by atoms with Crippen molar-refractivity contribution in [3.8, 4) is 23.1 Å². The molecule has 6 rings (SSSR count). The SMILES string of the molecule is N#Cc1cnc2c(cnn2-c2cc(NC3CC3)c(-c3cn([C@@H]4CNCC[C@H]4O)nn3)cn2)c1. The standard InChI is InChI=1S/C22H22N10O/c23-7-13-5-14-9-27-32(22(14)26-8-13)21-6-17(28-15-1-2-15)16(10-25-21)18-12-31(30-29-18)19-11-24-4-3-20(19)33/h5-6,8-10,12,15,19-20,24,33H,1-4,11H2,(H,25,28)/t19-,20-/m1/s1. The topological polar surface area (TPSA) is 142 Å². The van der Waals surface area contributed by atoms with Crippen LogP contribution in [0.5, 0.6) is 0 Å². The van der Waals surface area contributed by atoms with Crippen LogP contribution in [0.3, 0.4) is 0 Å². The molecular weight excluding hydrogens is 420 g/mol. The summed E-state index contributed by atoms with van der Waals surface area (Å²) >= 11 is 0. The van der Waals surface area contributed by atoms with Crippen LogP contribution >= 0.6 is 0 Å². The minimum atomic E-state index is -0.451. The lowest BCUT2D eigenvalue weighted by Gasteiger charge is -2.27. The van der Waals surface area contributed by atoms with Crippen molar-refractivity contribution in [2.24, 2.45) is 0 Å². The van der Waals surface area contributed by atoms with Gasteiger partial charge in [0.1, 0.15) is 11.8 Å². The number of anilines is 1. The Morgan fingerprint density at radius 1 is 1.15 bits per heavy atom. The number of aliphatic hydroxyl groups is 1. The highest BCUT2D eigenvalue weighted by Gasteiger charge is 2.27. The van der Waals surface area contributed by atoms with E-state index in [4.69, 9.17) is 5.26 Å². The summed E-state index contributed by atoms with van der Waals surface area (Å²) in [4.78, 5) is 9.03. The van der Waals surface area contributed by atoms with Crippen LogP contribution in [0.1, 0.15) is 30.9 Å². The van der Waals surface area contributed by atoms with Gasteiger partial charge in [-0.05, 0) is 31.9 Å². The molecule has 0 amide bonds. The molecule has 2 atom stereocenters. The van der Waals surface area contributed by atoms with E-state index >= 15 is 0 Å². The summed E-state index contributed by atoms with van der Waals surface area (Å²) in [5.74, 6) is 0.619. The maximum absolute atomic E-state index is 10.4. The molecule has 0 bridgehead atoms. The Labute approximate surface area is 189 Å². The molecular formula is C22H22N10O. The Bertz CT molecular complexity index is 1370. The van der Waals surface area contributed by atoms with Crippen LogP contribution in [0.2, 0.25) is 0 Å². The van der Waals surface area contributed by atoms with Crippen LogP contribution in [0.4, 0.5) is 5.69 Å². The molecule has 11 heteroatoms. The predicted octanol–water partition coefficient (Wildman–Crippen LogP) is 1.42. The minimum Gasteiger partial charge on any atom is -0.391 e. The highest BCUT2D eigenvalue weighted by molar-refractivity contribution is 5.79. The first-order chi connectivity index (χ1) is 16.2. The number of nitrogens with zero attached hydrogens (tertiary/aromatic N) is 8. The van der Waals surface area contributed by atoms with Crippen LogP contribution in [0.15, 0.2) is 36.9 Å². The lowest BCUT2D eigenvalue weighted by Crippen LogP contribution is -2.41. The quantitative estimate of drug-likeness (QED) is 0.418. The number of pyridine rings is 2. The van der Waals surface area contributed by atoms with Crippen molar-refractivity contribution in [3.63, 3.8) is 0 Å². The maximum Gasteiger partial charge on any atom is 0.164 e. The highest BCUT2D eigenvalue weighted by Crippen LogP contribution is 2.33. The molecule has 2 aliphatic rings. The van der Waals surface area contributed by atoms with E-state index < -0.39 is 6.10 Å². The molecule has 0 aromatic carbocycles. The van der Waals surface area contributed by atoms with Gasteiger partial charge in [-0.1, -0.05) is 5.21 Å². The van der Waals surface area contributed by atoms with Crippen LogP contribution in [0.25, 0.3) is 28.1 Å². The zero-order valence-corrected chi connectivity index (χ0v) is 17.8. The molecule has 0 spiro atoms. The third-order valence-electron chi connectivity index (χ3n) is 6.12. The zero-order chi connectivity index (χ0) is 22.4. The van der Waals surface area contributed by atoms with Gasteiger partial charge in [-0.25, -0.2) is 14.6 Å². The van der Waals surface area contributed by atoms with Gasteiger partial charge in [0, 0.05) is 47.7 Å². The van der Waals surface area contributed by atoms with Gasteiger partial charge in [0.15, 0.2) is 11.5 Å². The molecule has 1 saturated heterocycles. The van der Waals surface area contributed by atoms with Crippen LogP contribution in [-0.2, 0) is 0 Å². The second kappa shape index (κ2) is 7.91. The van der Waals surface area contributed by atoms with Crippen LogP contribution < -0.4 is 10.6 Å². The highest BCUT2D eigenvalue weighted by atomic mass is 16.3. The molecule has 33 heavy (non-hydrogen) atoms. The molecule has 2 fully saturated rings. The second-order valence-electron chi connectivity index (χ2n) is 8.52. The molecule has 1 aliphatic carbocycles. The van der Waals surface area contributed by atoms with Gasteiger partial charge < -0.3 is 15.7 Å². The number of aliphatic hydroxyl groups excluding tert-OH is 1. The van der Waals surface area contributed by atoms with E-state index in [0.29, 0.717) is 41.7 Å². The van der Waals surface area contributed by atoms with E-state index in [9.17, 15) is 5.11 Å². The fourth-order valence-corrected chi connectivity index (χ4v) is 4.14. The normalized spacial score (nSPS) is 20.6. The van der Waals surface area contributed by atoms with Gasteiger partial charge in [0.05, 0.1) is 30.1 Å². The van der Waals surface area contributed by atoms with Crippen molar-refractivity contribution >= 4 is 16.7 Å². The molecule has 166 valence electrons. The molecule has 4 aromatic rings. The summed E-state index contributed by atoms with van der Waals surface area (Å²) in [6.07, 6.45) is 9.32. The fraction of sp³-hybridized carbons (Fsp3) is 0.364. The number of hydrogen-bond acceptors (Lipinski definition) is 9. The summed E-state index contributed by atoms with van der Waals surface area (Å²) in [5.41, 5.74) is 3.55. The van der Waals surface area contributed by atoms with E-state index in [-0.39, 0.29) is 6.04 Å². The summed E-state index contributed by atoms with van der Waals surface area (Å²) in [7, 11) is 0. The van der Waals surface area contributed by atoms with Crippen molar-refractivity contribution < 1.29 is 5.11 Å². The molecule has 0 radical (unpaired) electrons. The van der Waals surface area contributed by atoms with E-state index in [1.54, 1.807) is 27.8 Å². The predicted molar refractivity (Wildman–Crippen MR) is 120 cm³/mol. The van der Waals surface area contributed by atoms with Crippen molar-refractivity contribution in [1.29, 1.82) is 5.26 Å². The molecule has 1 aliphatic heterocycles. The third kappa shape index (κ3) is 3.69. The smallest absolute Gasteiger partial charge is 0.164 e. The zero-order valence-electron chi connectivity index (χ0n) is 17.8. The van der Waals surface area contributed by atoms with E-state index in [1.807, 2.05) is 12.3 Å². The minimum absolute atomic E-state index is 0.146. The van der Waals surface area contributed by atoms with Crippen LogP contribution in [-0.4, -0.2) is 65.1 Å². The summed E-state index contributed by atoms with van der Waals surface area (Å²) in [6.45, 7) is 1.45. The van der Waals surface area contributed by atoms with Gasteiger partial charge in [-0.2, -0.15) is 15.0 Å². The Balaban J connectivity index is 1.37. The van der Waals surface area contributed by atoms with E-state index in [2.05, 4.69) is 42.1 Å². The van der Waals surface area contributed by atoms with Crippen molar-refractivity contribution in [2.75, 3.05) is 18.4 Å². The van der Waals surface area contributed by atoms with E-state index in [0.717, 1.165) is 36.0 Å². The number of aromatic nitrogens is 7. The van der Waals surface area contributed by atoms with Gasteiger partial charge in [0.25, 0.3) is 0 Å². The lowest BCUT2D eigenvalue weighted by molar-refractivity contribution is 0.0773. The van der Waals surface area contributed by atoms with Gasteiger partial charge >= 0.3 is 0 Å². The molecule has 1 saturated carbocycles. The summed E-state index contributed by atoms with van der Waals surface area (Å²) < 4.78 is 3.40. The number of hydrogen-bond donors (Lipinski definition) is 3. The Kier molecular flexibility index (Phi) is 4.74. The molecule has 4 aromatic heterocycles. The first-order valence-corrected chi connectivity index (χ1v) is 11.0. The Hall–Kier alpha value is -3.88. The molecule has 11 nitrogen and oxygen atoms in total. The van der Waals surface area contributed by atoms with Gasteiger partial charge in [-0.15, -0.1) is 5.10 Å². The second-order valence-corrected chi connectivity index (χ2v) is 8.52. The third-order valence-corrected chi connectivity index (χ3v) is 6.12. The molecule has 0 unspecified atom stereocenters.